The van der Waals surface area contributed by atoms with Crippen molar-refractivity contribution in [2.24, 2.45) is 0 Å². The Hall–Kier alpha value is -1.10. The van der Waals surface area contributed by atoms with Crippen LogP contribution in [0.2, 0.25) is 0 Å². The summed E-state index contributed by atoms with van der Waals surface area (Å²) in [6, 6.07) is 8.87. The quantitative estimate of drug-likeness (QED) is 0.708. The van der Waals surface area contributed by atoms with E-state index in [0.29, 0.717) is 0 Å². The van der Waals surface area contributed by atoms with Crippen molar-refractivity contribution < 1.29 is 9.47 Å². The van der Waals surface area contributed by atoms with E-state index in [0.717, 1.165) is 51.3 Å². The molecule has 146 valence electrons. The van der Waals surface area contributed by atoms with Crippen LogP contribution in [0.3, 0.4) is 0 Å². The van der Waals surface area contributed by atoms with Crippen LogP contribution in [-0.2, 0) is 10.2 Å². The summed E-state index contributed by atoms with van der Waals surface area (Å²) in [5.74, 6) is 0.995. The van der Waals surface area contributed by atoms with Crippen LogP contribution >= 0.6 is 0 Å². The summed E-state index contributed by atoms with van der Waals surface area (Å²) in [5, 5.41) is 0. The van der Waals surface area contributed by atoms with Gasteiger partial charge >= 0.3 is 0 Å². The summed E-state index contributed by atoms with van der Waals surface area (Å²) in [5.41, 5.74) is 1.63. The highest BCUT2D eigenvalue weighted by Gasteiger charge is 2.34. The Morgan fingerprint density at radius 1 is 1.12 bits per heavy atom. The number of hydrogen-bond donors (Lipinski definition) is 0. The van der Waals surface area contributed by atoms with Gasteiger partial charge in [-0.2, -0.15) is 0 Å². The zero-order valence-corrected chi connectivity index (χ0v) is 16.9. The van der Waals surface area contributed by atoms with Gasteiger partial charge in [0.15, 0.2) is 0 Å². The maximum Gasteiger partial charge on any atom is 0.119 e. The van der Waals surface area contributed by atoms with Crippen molar-refractivity contribution in [1.29, 1.82) is 0 Å². The van der Waals surface area contributed by atoms with E-state index in [4.69, 9.17) is 9.47 Å². The molecule has 4 heteroatoms. The molecule has 0 bridgehead atoms. The van der Waals surface area contributed by atoms with Crippen LogP contribution in [0, 0.1) is 0 Å². The van der Waals surface area contributed by atoms with Gasteiger partial charge in [0.25, 0.3) is 0 Å². The third-order valence-electron chi connectivity index (χ3n) is 5.92. The summed E-state index contributed by atoms with van der Waals surface area (Å²) in [6.45, 7) is 8.67. The highest BCUT2D eigenvalue weighted by molar-refractivity contribution is 5.33. The van der Waals surface area contributed by atoms with Crippen LogP contribution in [0.5, 0.6) is 5.75 Å². The standard InChI is InChI=1S/C22H36N2O2/c1-19(10-15-24-13-4-5-14-24)26-21-8-6-20(7-9-21)22(18-23(2)3)11-16-25-17-12-22/h6-9,19H,4-5,10-18H2,1-3H3. The van der Waals surface area contributed by atoms with Gasteiger partial charge in [-0.3, -0.25) is 0 Å². The second-order valence-electron chi connectivity index (χ2n) is 8.42. The van der Waals surface area contributed by atoms with Gasteiger partial charge in [-0.05, 0) is 83.9 Å². The largest absolute Gasteiger partial charge is 0.491 e. The molecule has 0 saturated carbocycles. The van der Waals surface area contributed by atoms with Crippen LogP contribution in [0.4, 0.5) is 0 Å². The maximum absolute atomic E-state index is 6.17. The summed E-state index contributed by atoms with van der Waals surface area (Å²) >= 11 is 0. The maximum atomic E-state index is 6.17. The third kappa shape index (κ3) is 5.21. The lowest BCUT2D eigenvalue weighted by Crippen LogP contribution is -2.42. The minimum atomic E-state index is 0.210. The van der Waals surface area contributed by atoms with Crippen LogP contribution in [0.15, 0.2) is 24.3 Å². The molecule has 3 rings (SSSR count). The number of rotatable bonds is 8. The van der Waals surface area contributed by atoms with Crippen molar-refractivity contribution in [3.8, 4) is 5.75 Å². The molecular weight excluding hydrogens is 324 g/mol. The molecule has 1 aromatic rings. The molecule has 4 nitrogen and oxygen atoms in total. The van der Waals surface area contributed by atoms with Crippen LogP contribution in [0.1, 0.15) is 44.6 Å². The first-order valence-corrected chi connectivity index (χ1v) is 10.3. The Bertz CT molecular complexity index is 532. The average molecular weight is 361 g/mol. The monoisotopic (exact) mass is 360 g/mol. The van der Waals surface area contributed by atoms with Crippen LogP contribution < -0.4 is 4.74 Å². The van der Waals surface area contributed by atoms with Crippen molar-refractivity contribution in [3.05, 3.63) is 29.8 Å². The number of likely N-dealkylation sites (tertiary alicyclic amines) is 1. The van der Waals surface area contributed by atoms with Crippen molar-refractivity contribution in [2.75, 3.05) is 53.5 Å². The highest BCUT2D eigenvalue weighted by Crippen LogP contribution is 2.36. The second kappa shape index (κ2) is 9.20. The first-order valence-electron chi connectivity index (χ1n) is 10.3. The molecule has 2 aliphatic rings. The van der Waals surface area contributed by atoms with Crippen LogP contribution in [0.25, 0.3) is 0 Å². The first-order chi connectivity index (χ1) is 12.6. The van der Waals surface area contributed by atoms with E-state index in [1.165, 1.54) is 31.5 Å². The second-order valence-corrected chi connectivity index (χ2v) is 8.42. The molecule has 26 heavy (non-hydrogen) atoms. The van der Waals surface area contributed by atoms with E-state index in [-0.39, 0.29) is 11.5 Å². The zero-order valence-electron chi connectivity index (χ0n) is 16.9. The van der Waals surface area contributed by atoms with Gasteiger partial charge in [-0.1, -0.05) is 12.1 Å². The fourth-order valence-electron chi connectivity index (χ4n) is 4.45. The molecule has 0 radical (unpaired) electrons. The number of likely N-dealkylation sites (N-methyl/N-ethyl adjacent to an activating group) is 1. The van der Waals surface area contributed by atoms with E-state index in [1.54, 1.807) is 0 Å². The van der Waals surface area contributed by atoms with Crippen molar-refractivity contribution >= 4 is 0 Å². The lowest BCUT2D eigenvalue weighted by Gasteiger charge is -2.40. The van der Waals surface area contributed by atoms with E-state index >= 15 is 0 Å². The van der Waals surface area contributed by atoms with Gasteiger partial charge in [-0.15, -0.1) is 0 Å². The summed E-state index contributed by atoms with van der Waals surface area (Å²) in [7, 11) is 4.33. The summed E-state index contributed by atoms with van der Waals surface area (Å²) < 4.78 is 11.8. The summed E-state index contributed by atoms with van der Waals surface area (Å²) in [6.07, 6.45) is 6.27. The minimum absolute atomic E-state index is 0.210. The first kappa shape index (κ1) is 19.7. The fourth-order valence-corrected chi connectivity index (χ4v) is 4.45. The van der Waals surface area contributed by atoms with Gasteiger partial charge in [0, 0.05) is 31.7 Å². The number of benzene rings is 1. The van der Waals surface area contributed by atoms with Crippen molar-refractivity contribution in [2.45, 2.75) is 50.5 Å². The lowest BCUT2D eigenvalue weighted by atomic mass is 9.74. The fraction of sp³-hybridized carbons (Fsp3) is 0.727. The SMILES string of the molecule is CC(CCN1CCCC1)Oc1ccc(C2(CN(C)C)CCOCC2)cc1. The van der Waals surface area contributed by atoms with E-state index in [1.807, 2.05) is 0 Å². The van der Waals surface area contributed by atoms with E-state index < -0.39 is 0 Å². The molecule has 1 unspecified atom stereocenters. The van der Waals surface area contributed by atoms with E-state index in [9.17, 15) is 0 Å². The molecule has 2 heterocycles. The third-order valence-corrected chi connectivity index (χ3v) is 5.92. The van der Waals surface area contributed by atoms with Gasteiger partial charge in [-0.25, -0.2) is 0 Å². The Kier molecular flexibility index (Phi) is 6.96. The molecular formula is C22H36N2O2. The Balaban J connectivity index is 1.57. The topological polar surface area (TPSA) is 24.9 Å². The minimum Gasteiger partial charge on any atom is -0.491 e. The van der Waals surface area contributed by atoms with Crippen LogP contribution in [-0.4, -0.2) is 69.4 Å². The molecule has 2 aliphatic heterocycles. The molecule has 0 amide bonds. The molecule has 0 aliphatic carbocycles. The van der Waals surface area contributed by atoms with Gasteiger partial charge in [0.2, 0.25) is 0 Å². The molecule has 0 spiro atoms. The number of nitrogens with zero attached hydrogens (tertiary/aromatic N) is 2. The van der Waals surface area contributed by atoms with Gasteiger partial charge < -0.3 is 19.3 Å². The zero-order chi connectivity index (χ0) is 18.4. The van der Waals surface area contributed by atoms with Gasteiger partial charge in [0.1, 0.15) is 5.75 Å². The highest BCUT2D eigenvalue weighted by atomic mass is 16.5. The summed E-state index contributed by atoms with van der Waals surface area (Å²) in [4.78, 5) is 4.86. The molecule has 1 atom stereocenters. The predicted molar refractivity (Wildman–Crippen MR) is 107 cm³/mol. The average Bonchev–Trinajstić information content (AvgIpc) is 3.14. The normalized spacial score (nSPS) is 21.8. The Morgan fingerprint density at radius 3 is 2.38 bits per heavy atom. The molecule has 0 aromatic heterocycles. The Morgan fingerprint density at radius 2 is 1.77 bits per heavy atom. The molecule has 0 N–H and O–H groups in total. The number of hydrogen-bond acceptors (Lipinski definition) is 4. The van der Waals surface area contributed by atoms with Gasteiger partial charge in [0.05, 0.1) is 6.10 Å². The predicted octanol–water partition coefficient (Wildman–Crippen LogP) is 3.55. The van der Waals surface area contributed by atoms with E-state index in [2.05, 4.69) is 55.1 Å². The Labute approximate surface area is 159 Å². The molecule has 2 fully saturated rings. The number of ether oxygens (including phenoxy) is 2. The smallest absolute Gasteiger partial charge is 0.119 e. The van der Waals surface area contributed by atoms with Crippen molar-refractivity contribution in [1.82, 2.24) is 9.80 Å². The molecule has 1 aromatic carbocycles. The lowest BCUT2D eigenvalue weighted by molar-refractivity contribution is 0.0401. The molecule has 2 saturated heterocycles. The van der Waals surface area contributed by atoms with Crippen molar-refractivity contribution in [3.63, 3.8) is 0 Å².